The van der Waals surface area contributed by atoms with Crippen LogP contribution in [0.2, 0.25) is 5.02 Å². The van der Waals surface area contributed by atoms with Crippen LogP contribution in [0.3, 0.4) is 0 Å². The van der Waals surface area contributed by atoms with Crippen LogP contribution in [0, 0.1) is 0 Å². The van der Waals surface area contributed by atoms with Crippen LogP contribution in [0.15, 0.2) is 24.3 Å². The first-order valence-electron chi connectivity index (χ1n) is 3.97. The Morgan fingerprint density at radius 3 is 2.54 bits per heavy atom. The smallest absolute Gasteiger partial charge is 0.162 e. The van der Waals surface area contributed by atoms with Crippen molar-refractivity contribution in [3.05, 3.63) is 34.9 Å². The zero-order chi connectivity index (χ0) is 9.68. The molecule has 0 unspecified atom stereocenters. The third-order valence-corrected chi connectivity index (χ3v) is 1.87. The van der Waals surface area contributed by atoms with Gasteiger partial charge in [0.05, 0.1) is 0 Å². The number of hydrogen-bond donors (Lipinski definition) is 0. The Kier molecular flexibility index (Phi) is 3.93. The van der Waals surface area contributed by atoms with Gasteiger partial charge in [-0.2, -0.15) is 0 Å². The second-order valence-corrected chi connectivity index (χ2v) is 3.21. The molecule has 0 aromatic heterocycles. The van der Waals surface area contributed by atoms with Gasteiger partial charge < -0.3 is 4.74 Å². The number of rotatable bonds is 4. The van der Waals surface area contributed by atoms with Gasteiger partial charge >= 0.3 is 0 Å². The summed E-state index contributed by atoms with van der Waals surface area (Å²) < 4.78 is 4.72. The number of Topliss-reactive ketones (excluding diaryl/α,β-unsaturated/α-hetero) is 1. The molecule has 0 amide bonds. The van der Waals surface area contributed by atoms with Crippen molar-refractivity contribution in [1.29, 1.82) is 0 Å². The quantitative estimate of drug-likeness (QED) is 0.741. The van der Waals surface area contributed by atoms with Crippen LogP contribution < -0.4 is 0 Å². The van der Waals surface area contributed by atoms with E-state index in [1.54, 1.807) is 12.1 Å². The number of benzene rings is 1. The van der Waals surface area contributed by atoms with Gasteiger partial charge in [0.1, 0.15) is 6.61 Å². The molecule has 70 valence electrons. The highest BCUT2D eigenvalue weighted by Gasteiger charge is 2.02. The van der Waals surface area contributed by atoms with Crippen molar-refractivity contribution >= 4 is 17.4 Å². The molecule has 13 heavy (non-hydrogen) atoms. The maximum Gasteiger partial charge on any atom is 0.162 e. The van der Waals surface area contributed by atoms with Gasteiger partial charge in [0.25, 0.3) is 0 Å². The van der Waals surface area contributed by atoms with Gasteiger partial charge in [0.15, 0.2) is 5.78 Å². The summed E-state index contributed by atoms with van der Waals surface area (Å²) in [6.45, 7) is 0.169. The van der Waals surface area contributed by atoms with E-state index in [1.807, 2.05) is 12.1 Å². The molecule has 2 nitrogen and oxygen atoms in total. The monoisotopic (exact) mass is 198 g/mol. The molecule has 0 spiro atoms. The van der Waals surface area contributed by atoms with E-state index in [2.05, 4.69) is 0 Å². The Morgan fingerprint density at radius 1 is 1.38 bits per heavy atom. The summed E-state index contributed by atoms with van der Waals surface area (Å²) in [6, 6.07) is 7.24. The molecular formula is C10H11ClO2. The van der Waals surface area contributed by atoms with Crippen LogP contribution in [0.4, 0.5) is 0 Å². The van der Waals surface area contributed by atoms with Gasteiger partial charge in [-0.25, -0.2) is 0 Å². The lowest BCUT2D eigenvalue weighted by molar-refractivity contribution is -0.121. The fourth-order valence-electron chi connectivity index (χ4n) is 1.04. The van der Waals surface area contributed by atoms with E-state index in [0.717, 1.165) is 5.56 Å². The summed E-state index contributed by atoms with van der Waals surface area (Å²) in [5.41, 5.74) is 0.964. The van der Waals surface area contributed by atoms with Gasteiger partial charge in [-0.3, -0.25) is 4.79 Å². The van der Waals surface area contributed by atoms with Gasteiger partial charge in [0.2, 0.25) is 0 Å². The highest BCUT2D eigenvalue weighted by Crippen LogP contribution is 2.09. The standard InChI is InChI=1S/C10H11ClO2/c1-13-7-10(12)6-8-2-4-9(11)5-3-8/h2-5H,6-7H2,1H3. The highest BCUT2D eigenvalue weighted by atomic mass is 35.5. The Labute approximate surface area is 82.5 Å². The average molecular weight is 199 g/mol. The lowest BCUT2D eigenvalue weighted by atomic mass is 10.1. The molecular weight excluding hydrogens is 188 g/mol. The van der Waals surface area contributed by atoms with E-state index in [-0.39, 0.29) is 12.4 Å². The number of hydrogen-bond acceptors (Lipinski definition) is 2. The van der Waals surface area contributed by atoms with E-state index < -0.39 is 0 Å². The number of halogens is 1. The maximum atomic E-state index is 11.1. The Bertz CT molecular complexity index is 279. The molecule has 1 aromatic carbocycles. The molecule has 1 aromatic rings. The zero-order valence-corrected chi connectivity index (χ0v) is 8.17. The summed E-state index contributed by atoms with van der Waals surface area (Å²) in [7, 11) is 1.51. The Balaban J connectivity index is 2.54. The minimum Gasteiger partial charge on any atom is -0.377 e. The molecule has 0 bridgehead atoms. The van der Waals surface area contributed by atoms with Crippen LogP contribution in [0.1, 0.15) is 5.56 Å². The van der Waals surface area contributed by atoms with Crippen molar-refractivity contribution in [2.24, 2.45) is 0 Å². The minimum atomic E-state index is 0.0739. The molecule has 0 N–H and O–H groups in total. The third-order valence-electron chi connectivity index (χ3n) is 1.62. The molecule has 0 atom stereocenters. The summed E-state index contributed by atoms with van der Waals surface area (Å²) in [5.74, 6) is 0.0739. The summed E-state index contributed by atoms with van der Waals surface area (Å²) in [6.07, 6.45) is 0.408. The molecule has 0 saturated heterocycles. The normalized spacial score (nSPS) is 10.0. The summed E-state index contributed by atoms with van der Waals surface area (Å²) >= 11 is 5.70. The lowest BCUT2D eigenvalue weighted by Gasteiger charge is -1.99. The Hall–Kier alpha value is -0.860. The predicted octanol–water partition coefficient (Wildman–Crippen LogP) is 2.10. The van der Waals surface area contributed by atoms with Gasteiger partial charge in [-0.05, 0) is 17.7 Å². The molecule has 0 aliphatic carbocycles. The van der Waals surface area contributed by atoms with Crippen molar-refractivity contribution in [2.75, 3.05) is 13.7 Å². The molecule has 0 saturated carbocycles. The summed E-state index contributed by atoms with van der Waals surface area (Å²) in [5, 5.41) is 0.683. The molecule has 0 aliphatic rings. The van der Waals surface area contributed by atoms with E-state index in [1.165, 1.54) is 7.11 Å². The first-order chi connectivity index (χ1) is 6.22. The molecule has 3 heteroatoms. The lowest BCUT2D eigenvalue weighted by Crippen LogP contribution is -2.09. The average Bonchev–Trinajstić information content (AvgIpc) is 2.09. The Morgan fingerprint density at radius 2 is 2.00 bits per heavy atom. The van der Waals surface area contributed by atoms with E-state index in [4.69, 9.17) is 16.3 Å². The summed E-state index contributed by atoms with van der Waals surface area (Å²) in [4.78, 5) is 11.1. The van der Waals surface area contributed by atoms with Crippen molar-refractivity contribution in [2.45, 2.75) is 6.42 Å². The number of ether oxygens (including phenoxy) is 1. The largest absolute Gasteiger partial charge is 0.377 e. The van der Waals surface area contributed by atoms with Crippen molar-refractivity contribution in [3.8, 4) is 0 Å². The second-order valence-electron chi connectivity index (χ2n) is 2.77. The zero-order valence-electron chi connectivity index (χ0n) is 7.42. The van der Waals surface area contributed by atoms with Gasteiger partial charge in [-0.1, -0.05) is 23.7 Å². The fraction of sp³-hybridized carbons (Fsp3) is 0.300. The molecule has 0 radical (unpaired) electrons. The van der Waals surface area contributed by atoms with Crippen molar-refractivity contribution in [3.63, 3.8) is 0 Å². The molecule has 0 heterocycles. The number of ketones is 1. The molecule has 0 aliphatic heterocycles. The first-order valence-corrected chi connectivity index (χ1v) is 4.35. The number of methoxy groups -OCH3 is 1. The number of carbonyl (C=O) groups excluding carboxylic acids is 1. The maximum absolute atomic E-state index is 11.1. The fourth-order valence-corrected chi connectivity index (χ4v) is 1.17. The molecule has 0 fully saturated rings. The van der Waals surface area contributed by atoms with Crippen molar-refractivity contribution < 1.29 is 9.53 Å². The van der Waals surface area contributed by atoms with Crippen LogP contribution >= 0.6 is 11.6 Å². The number of carbonyl (C=O) groups is 1. The first kappa shape index (κ1) is 10.2. The van der Waals surface area contributed by atoms with Crippen LogP contribution in [-0.4, -0.2) is 19.5 Å². The minimum absolute atomic E-state index is 0.0739. The SMILES string of the molecule is COCC(=O)Cc1ccc(Cl)cc1. The van der Waals surface area contributed by atoms with E-state index in [0.29, 0.717) is 11.4 Å². The predicted molar refractivity (Wildman–Crippen MR) is 52.0 cm³/mol. The van der Waals surface area contributed by atoms with Gasteiger partial charge in [-0.15, -0.1) is 0 Å². The second kappa shape index (κ2) is 5.00. The van der Waals surface area contributed by atoms with Gasteiger partial charge in [0, 0.05) is 18.6 Å². The third kappa shape index (κ3) is 3.57. The van der Waals surface area contributed by atoms with Crippen LogP contribution in [0.25, 0.3) is 0 Å². The van der Waals surface area contributed by atoms with Crippen LogP contribution in [-0.2, 0) is 16.0 Å². The van der Waals surface area contributed by atoms with E-state index >= 15 is 0 Å². The topological polar surface area (TPSA) is 26.3 Å². The highest BCUT2D eigenvalue weighted by molar-refractivity contribution is 6.30. The van der Waals surface area contributed by atoms with E-state index in [9.17, 15) is 4.79 Å². The van der Waals surface area contributed by atoms with Crippen molar-refractivity contribution in [1.82, 2.24) is 0 Å². The van der Waals surface area contributed by atoms with Crippen LogP contribution in [0.5, 0.6) is 0 Å². The molecule has 1 rings (SSSR count).